The van der Waals surface area contributed by atoms with Crippen LogP contribution in [0.4, 0.5) is 10.1 Å². The minimum Gasteiger partial charge on any atom is -0.378 e. The van der Waals surface area contributed by atoms with E-state index in [1.54, 1.807) is 0 Å². The molecular formula is C16H23FN2. The van der Waals surface area contributed by atoms with E-state index in [9.17, 15) is 4.39 Å². The molecule has 1 aromatic carbocycles. The number of halogens is 1. The molecular weight excluding hydrogens is 239 g/mol. The van der Waals surface area contributed by atoms with Crippen molar-refractivity contribution in [2.24, 2.45) is 17.6 Å². The number of nitrogens with two attached hydrogens (primary N) is 1. The molecule has 0 bridgehead atoms. The summed E-state index contributed by atoms with van der Waals surface area (Å²) in [5.41, 5.74) is 7.07. The van der Waals surface area contributed by atoms with E-state index in [2.05, 4.69) is 5.32 Å². The summed E-state index contributed by atoms with van der Waals surface area (Å²) in [4.78, 5) is 0. The highest BCUT2D eigenvalue weighted by Gasteiger charge is 2.41. The third kappa shape index (κ3) is 2.92. The fourth-order valence-corrected chi connectivity index (χ4v) is 3.57. The largest absolute Gasteiger partial charge is 0.378 e. The maximum Gasteiger partial charge on any atom is 0.123 e. The molecule has 2 nitrogen and oxygen atoms in total. The second kappa shape index (κ2) is 5.12. The molecule has 0 aromatic heterocycles. The van der Waals surface area contributed by atoms with Gasteiger partial charge in [0.1, 0.15) is 5.82 Å². The molecule has 104 valence electrons. The van der Waals surface area contributed by atoms with E-state index in [-0.39, 0.29) is 11.4 Å². The Morgan fingerprint density at radius 3 is 2.53 bits per heavy atom. The van der Waals surface area contributed by atoms with Crippen LogP contribution < -0.4 is 11.1 Å². The molecule has 3 N–H and O–H groups in total. The molecule has 3 rings (SSSR count). The number of anilines is 1. The Kier molecular flexibility index (Phi) is 3.48. The maximum atomic E-state index is 13.0. The Hall–Kier alpha value is -1.09. The van der Waals surface area contributed by atoms with Crippen LogP contribution in [0.15, 0.2) is 24.3 Å². The lowest BCUT2D eigenvalue weighted by Gasteiger charge is -2.42. The highest BCUT2D eigenvalue weighted by molar-refractivity contribution is 5.46. The maximum absolute atomic E-state index is 13.0. The topological polar surface area (TPSA) is 38.0 Å². The van der Waals surface area contributed by atoms with Gasteiger partial charge in [0.15, 0.2) is 0 Å². The first-order chi connectivity index (χ1) is 9.21. The standard InChI is InChI=1S/C16H23FN2/c17-14-5-7-15(8-6-14)19-16(11-18)9-1-2-13(10-16)12-3-4-12/h5-8,12-13,19H,1-4,9-11,18H2. The quantitative estimate of drug-likeness (QED) is 0.871. The van der Waals surface area contributed by atoms with Gasteiger partial charge in [0.25, 0.3) is 0 Å². The predicted molar refractivity (Wildman–Crippen MR) is 76.5 cm³/mol. The zero-order valence-electron chi connectivity index (χ0n) is 11.4. The van der Waals surface area contributed by atoms with Crippen molar-refractivity contribution in [2.45, 2.75) is 44.1 Å². The van der Waals surface area contributed by atoms with E-state index in [0.717, 1.165) is 23.9 Å². The first kappa shape index (κ1) is 12.9. The molecule has 1 aromatic rings. The molecule has 3 heteroatoms. The highest BCUT2D eigenvalue weighted by atomic mass is 19.1. The lowest BCUT2D eigenvalue weighted by atomic mass is 9.73. The average molecular weight is 262 g/mol. The molecule has 2 saturated carbocycles. The molecule has 2 atom stereocenters. The summed E-state index contributed by atoms with van der Waals surface area (Å²) in [6.07, 6.45) is 7.73. The summed E-state index contributed by atoms with van der Waals surface area (Å²) in [6, 6.07) is 6.64. The van der Waals surface area contributed by atoms with E-state index in [4.69, 9.17) is 5.73 Å². The summed E-state index contributed by atoms with van der Waals surface area (Å²) in [5, 5.41) is 3.59. The van der Waals surface area contributed by atoms with Crippen LogP contribution in [0.5, 0.6) is 0 Å². The van der Waals surface area contributed by atoms with Gasteiger partial charge >= 0.3 is 0 Å². The Balaban J connectivity index is 1.72. The van der Waals surface area contributed by atoms with Crippen molar-refractivity contribution < 1.29 is 4.39 Å². The number of hydrogen-bond donors (Lipinski definition) is 2. The predicted octanol–water partition coefficient (Wildman–Crippen LogP) is 3.54. The molecule has 0 saturated heterocycles. The third-order valence-corrected chi connectivity index (χ3v) is 4.82. The van der Waals surface area contributed by atoms with E-state index < -0.39 is 0 Å². The van der Waals surface area contributed by atoms with E-state index in [1.165, 1.54) is 44.2 Å². The van der Waals surface area contributed by atoms with Crippen LogP contribution in [0.2, 0.25) is 0 Å². The Bertz CT molecular complexity index is 427. The zero-order valence-corrected chi connectivity index (χ0v) is 11.4. The van der Waals surface area contributed by atoms with Gasteiger partial charge in [-0.2, -0.15) is 0 Å². The normalized spacial score (nSPS) is 31.2. The number of benzene rings is 1. The minimum atomic E-state index is -0.188. The summed E-state index contributed by atoms with van der Waals surface area (Å²) < 4.78 is 13.0. The molecule has 2 fully saturated rings. The summed E-state index contributed by atoms with van der Waals surface area (Å²) in [5.74, 6) is 1.60. The monoisotopic (exact) mass is 262 g/mol. The Morgan fingerprint density at radius 1 is 1.16 bits per heavy atom. The van der Waals surface area contributed by atoms with Gasteiger partial charge < -0.3 is 11.1 Å². The van der Waals surface area contributed by atoms with Crippen molar-refractivity contribution in [3.05, 3.63) is 30.1 Å². The molecule has 0 aliphatic heterocycles. The molecule has 19 heavy (non-hydrogen) atoms. The zero-order chi connectivity index (χ0) is 13.3. The lowest BCUT2D eigenvalue weighted by Crippen LogP contribution is -2.49. The van der Waals surface area contributed by atoms with Gasteiger partial charge in [-0.25, -0.2) is 4.39 Å². The Morgan fingerprint density at radius 2 is 1.89 bits per heavy atom. The van der Waals surface area contributed by atoms with Gasteiger partial charge in [-0.15, -0.1) is 0 Å². The molecule has 2 unspecified atom stereocenters. The number of hydrogen-bond acceptors (Lipinski definition) is 2. The second-order valence-electron chi connectivity index (χ2n) is 6.31. The van der Waals surface area contributed by atoms with Crippen molar-refractivity contribution in [1.82, 2.24) is 0 Å². The van der Waals surface area contributed by atoms with Crippen LogP contribution in [-0.4, -0.2) is 12.1 Å². The Labute approximate surface area is 114 Å². The van der Waals surface area contributed by atoms with Gasteiger partial charge in [-0.05, 0) is 61.8 Å². The van der Waals surface area contributed by atoms with Gasteiger partial charge in [-0.3, -0.25) is 0 Å². The first-order valence-corrected chi connectivity index (χ1v) is 7.45. The van der Waals surface area contributed by atoms with Crippen molar-refractivity contribution in [3.8, 4) is 0 Å². The van der Waals surface area contributed by atoms with Crippen LogP contribution >= 0.6 is 0 Å². The molecule has 0 amide bonds. The van der Waals surface area contributed by atoms with Crippen LogP contribution in [-0.2, 0) is 0 Å². The smallest absolute Gasteiger partial charge is 0.123 e. The van der Waals surface area contributed by atoms with Crippen molar-refractivity contribution in [1.29, 1.82) is 0 Å². The third-order valence-electron chi connectivity index (χ3n) is 4.82. The van der Waals surface area contributed by atoms with Crippen molar-refractivity contribution in [3.63, 3.8) is 0 Å². The highest BCUT2D eigenvalue weighted by Crippen LogP contribution is 2.47. The van der Waals surface area contributed by atoms with Gasteiger partial charge in [0, 0.05) is 17.8 Å². The molecule has 0 spiro atoms. The molecule has 2 aliphatic carbocycles. The van der Waals surface area contributed by atoms with Crippen LogP contribution in [0, 0.1) is 17.7 Å². The van der Waals surface area contributed by atoms with E-state index in [1.807, 2.05) is 12.1 Å². The van der Waals surface area contributed by atoms with Gasteiger partial charge in [-0.1, -0.05) is 12.8 Å². The summed E-state index contributed by atoms with van der Waals surface area (Å²) in [7, 11) is 0. The summed E-state index contributed by atoms with van der Waals surface area (Å²) >= 11 is 0. The molecule has 0 heterocycles. The van der Waals surface area contributed by atoms with Crippen LogP contribution in [0.3, 0.4) is 0 Å². The van der Waals surface area contributed by atoms with Gasteiger partial charge in [0.05, 0.1) is 0 Å². The first-order valence-electron chi connectivity index (χ1n) is 7.45. The average Bonchev–Trinajstić information content (AvgIpc) is 3.26. The van der Waals surface area contributed by atoms with Crippen molar-refractivity contribution in [2.75, 3.05) is 11.9 Å². The minimum absolute atomic E-state index is 0.0172. The second-order valence-corrected chi connectivity index (χ2v) is 6.31. The van der Waals surface area contributed by atoms with Crippen molar-refractivity contribution >= 4 is 5.69 Å². The fourth-order valence-electron chi connectivity index (χ4n) is 3.57. The number of rotatable bonds is 4. The number of nitrogens with one attached hydrogen (secondary N) is 1. The fraction of sp³-hybridized carbons (Fsp3) is 0.625. The van der Waals surface area contributed by atoms with Crippen LogP contribution in [0.1, 0.15) is 38.5 Å². The van der Waals surface area contributed by atoms with Gasteiger partial charge in [0.2, 0.25) is 0 Å². The summed E-state index contributed by atoms with van der Waals surface area (Å²) in [6.45, 7) is 0.660. The lowest BCUT2D eigenvalue weighted by molar-refractivity contribution is 0.228. The van der Waals surface area contributed by atoms with E-state index in [0.29, 0.717) is 6.54 Å². The molecule has 2 aliphatic rings. The van der Waals surface area contributed by atoms with Crippen LogP contribution in [0.25, 0.3) is 0 Å². The van der Waals surface area contributed by atoms with E-state index >= 15 is 0 Å². The SMILES string of the molecule is NCC1(Nc2ccc(F)cc2)CCCC(C2CC2)C1. The molecule has 0 radical (unpaired) electrons.